The van der Waals surface area contributed by atoms with Crippen LogP contribution in [0.4, 0.5) is 0 Å². The van der Waals surface area contributed by atoms with E-state index >= 15 is 0 Å². The summed E-state index contributed by atoms with van der Waals surface area (Å²) in [6.45, 7) is 3.54. The van der Waals surface area contributed by atoms with Gasteiger partial charge in [-0.3, -0.25) is 4.79 Å². The fraction of sp³-hybridized carbons (Fsp3) is 0.190. The number of methoxy groups -OCH3 is 1. The highest BCUT2D eigenvalue weighted by atomic mass is 16.5. The molecule has 0 fully saturated rings. The van der Waals surface area contributed by atoms with Gasteiger partial charge in [-0.05, 0) is 41.1 Å². The number of rotatable bonds is 4. The summed E-state index contributed by atoms with van der Waals surface area (Å²) < 4.78 is 11.0. The summed E-state index contributed by atoms with van der Waals surface area (Å²) in [4.78, 5) is 11.7. The van der Waals surface area contributed by atoms with E-state index in [1.165, 1.54) is 6.92 Å². The molecular formula is C21H20O3. The molecule has 0 N–H and O–H groups in total. The summed E-state index contributed by atoms with van der Waals surface area (Å²) in [5.74, 6) is 1.08. The molecule has 0 amide bonds. The summed E-state index contributed by atoms with van der Waals surface area (Å²) in [5, 5.41) is 1.91. The van der Waals surface area contributed by atoms with Gasteiger partial charge in [0.1, 0.15) is 11.5 Å². The Labute approximate surface area is 141 Å². The molecule has 0 radical (unpaired) electrons. The Bertz CT molecular complexity index is 882. The SMILES string of the molecule is CCc1cc2cc(OC)ccc2c(OC(C)=O)c1-c1ccccc1. The maximum Gasteiger partial charge on any atom is 0.308 e. The van der Waals surface area contributed by atoms with Crippen molar-refractivity contribution >= 4 is 16.7 Å². The van der Waals surface area contributed by atoms with Crippen LogP contribution in [0.3, 0.4) is 0 Å². The Kier molecular flexibility index (Phi) is 4.52. The van der Waals surface area contributed by atoms with Gasteiger partial charge < -0.3 is 9.47 Å². The first-order chi connectivity index (χ1) is 11.6. The first-order valence-electron chi connectivity index (χ1n) is 8.01. The summed E-state index contributed by atoms with van der Waals surface area (Å²) in [6, 6.07) is 18.0. The number of fused-ring (bicyclic) bond motifs is 1. The molecule has 0 aliphatic carbocycles. The molecule has 0 aliphatic heterocycles. The predicted octanol–water partition coefficient (Wildman–Crippen LogP) is 5.00. The second-order valence-electron chi connectivity index (χ2n) is 5.64. The van der Waals surface area contributed by atoms with Gasteiger partial charge in [0.15, 0.2) is 0 Å². The van der Waals surface area contributed by atoms with Crippen LogP contribution in [0.5, 0.6) is 11.5 Å². The van der Waals surface area contributed by atoms with Crippen LogP contribution in [-0.2, 0) is 11.2 Å². The summed E-state index contributed by atoms with van der Waals surface area (Å²) in [7, 11) is 1.65. The number of aryl methyl sites for hydroxylation is 1. The van der Waals surface area contributed by atoms with Crippen LogP contribution in [0.2, 0.25) is 0 Å². The molecule has 0 heterocycles. The molecule has 3 heteroatoms. The van der Waals surface area contributed by atoms with Crippen molar-refractivity contribution in [1.82, 2.24) is 0 Å². The van der Waals surface area contributed by atoms with Crippen molar-refractivity contribution in [2.45, 2.75) is 20.3 Å². The van der Waals surface area contributed by atoms with Crippen molar-refractivity contribution in [2.75, 3.05) is 7.11 Å². The first kappa shape index (κ1) is 16.1. The molecule has 3 aromatic rings. The molecular weight excluding hydrogens is 300 g/mol. The van der Waals surface area contributed by atoms with E-state index in [0.717, 1.165) is 39.6 Å². The Morgan fingerprint density at radius 2 is 1.79 bits per heavy atom. The van der Waals surface area contributed by atoms with E-state index < -0.39 is 0 Å². The lowest BCUT2D eigenvalue weighted by Gasteiger charge is -2.17. The topological polar surface area (TPSA) is 35.5 Å². The third-order valence-corrected chi connectivity index (χ3v) is 4.07. The largest absolute Gasteiger partial charge is 0.497 e. The van der Waals surface area contributed by atoms with E-state index in [9.17, 15) is 4.79 Å². The zero-order valence-electron chi connectivity index (χ0n) is 14.1. The van der Waals surface area contributed by atoms with Crippen LogP contribution in [0.25, 0.3) is 21.9 Å². The van der Waals surface area contributed by atoms with Gasteiger partial charge in [0, 0.05) is 17.9 Å². The lowest BCUT2D eigenvalue weighted by molar-refractivity contribution is -0.131. The van der Waals surface area contributed by atoms with Crippen LogP contribution in [0, 0.1) is 0 Å². The van der Waals surface area contributed by atoms with E-state index in [4.69, 9.17) is 9.47 Å². The van der Waals surface area contributed by atoms with Gasteiger partial charge in [0.05, 0.1) is 7.11 Å². The molecule has 122 valence electrons. The Hall–Kier alpha value is -2.81. The third-order valence-electron chi connectivity index (χ3n) is 4.07. The van der Waals surface area contributed by atoms with Crippen molar-refractivity contribution in [1.29, 1.82) is 0 Å². The van der Waals surface area contributed by atoms with E-state index in [0.29, 0.717) is 5.75 Å². The standard InChI is InChI=1S/C21H20O3/c1-4-15-12-17-13-18(23-3)10-11-19(17)21(24-14(2)22)20(15)16-8-6-5-7-9-16/h5-13H,4H2,1-3H3. The van der Waals surface area contributed by atoms with Crippen molar-refractivity contribution in [3.8, 4) is 22.6 Å². The zero-order chi connectivity index (χ0) is 17.1. The fourth-order valence-corrected chi connectivity index (χ4v) is 2.98. The number of benzene rings is 3. The van der Waals surface area contributed by atoms with E-state index in [1.807, 2.05) is 48.5 Å². The van der Waals surface area contributed by atoms with Gasteiger partial charge in [-0.1, -0.05) is 43.3 Å². The molecule has 3 aromatic carbocycles. The van der Waals surface area contributed by atoms with E-state index in [1.54, 1.807) is 7.11 Å². The Morgan fingerprint density at radius 1 is 1.04 bits per heavy atom. The minimum Gasteiger partial charge on any atom is -0.497 e. The average molecular weight is 320 g/mol. The second kappa shape index (κ2) is 6.75. The highest BCUT2D eigenvalue weighted by Crippen LogP contribution is 2.41. The molecule has 0 unspecified atom stereocenters. The number of carbonyl (C=O) groups excluding carboxylic acids is 1. The molecule has 0 saturated carbocycles. The van der Waals surface area contributed by atoms with Crippen LogP contribution >= 0.6 is 0 Å². The van der Waals surface area contributed by atoms with Gasteiger partial charge in [0.25, 0.3) is 0 Å². The van der Waals surface area contributed by atoms with Crippen molar-refractivity contribution in [3.05, 3.63) is 60.2 Å². The van der Waals surface area contributed by atoms with Crippen LogP contribution in [0.15, 0.2) is 54.6 Å². The van der Waals surface area contributed by atoms with Crippen LogP contribution in [-0.4, -0.2) is 13.1 Å². The number of carbonyl (C=O) groups is 1. The molecule has 0 spiro atoms. The average Bonchev–Trinajstić information content (AvgIpc) is 2.61. The highest BCUT2D eigenvalue weighted by molar-refractivity contribution is 5.99. The minimum atomic E-state index is -0.322. The monoisotopic (exact) mass is 320 g/mol. The predicted molar refractivity (Wildman–Crippen MR) is 96.6 cm³/mol. The zero-order valence-corrected chi connectivity index (χ0v) is 14.1. The molecule has 0 atom stereocenters. The number of hydrogen-bond acceptors (Lipinski definition) is 3. The number of esters is 1. The maximum atomic E-state index is 11.7. The van der Waals surface area contributed by atoms with E-state index in [2.05, 4.69) is 13.0 Å². The Morgan fingerprint density at radius 3 is 2.42 bits per heavy atom. The summed E-state index contributed by atoms with van der Waals surface area (Å²) >= 11 is 0. The molecule has 24 heavy (non-hydrogen) atoms. The van der Waals surface area contributed by atoms with Crippen molar-refractivity contribution in [3.63, 3.8) is 0 Å². The van der Waals surface area contributed by atoms with Gasteiger partial charge in [0.2, 0.25) is 0 Å². The van der Waals surface area contributed by atoms with Gasteiger partial charge in [-0.2, -0.15) is 0 Å². The molecule has 0 saturated heterocycles. The van der Waals surface area contributed by atoms with Gasteiger partial charge in [-0.25, -0.2) is 0 Å². The molecule has 0 bridgehead atoms. The second-order valence-corrected chi connectivity index (χ2v) is 5.64. The van der Waals surface area contributed by atoms with Crippen molar-refractivity contribution < 1.29 is 14.3 Å². The number of ether oxygens (including phenoxy) is 2. The lowest BCUT2D eigenvalue weighted by atomic mass is 9.92. The Balaban J connectivity index is 2.37. The lowest BCUT2D eigenvalue weighted by Crippen LogP contribution is -2.05. The van der Waals surface area contributed by atoms with Crippen molar-refractivity contribution in [2.24, 2.45) is 0 Å². The smallest absolute Gasteiger partial charge is 0.308 e. The molecule has 0 aliphatic rings. The molecule has 0 aromatic heterocycles. The summed E-state index contributed by atoms with van der Waals surface area (Å²) in [6.07, 6.45) is 0.839. The quantitative estimate of drug-likeness (QED) is 0.501. The highest BCUT2D eigenvalue weighted by Gasteiger charge is 2.17. The maximum absolute atomic E-state index is 11.7. The summed E-state index contributed by atoms with van der Waals surface area (Å²) in [5.41, 5.74) is 3.16. The van der Waals surface area contributed by atoms with Gasteiger partial charge >= 0.3 is 5.97 Å². The van der Waals surface area contributed by atoms with Crippen LogP contribution < -0.4 is 9.47 Å². The number of hydrogen-bond donors (Lipinski definition) is 0. The third kappa shape index (κ3) is 2.98. The van der Waals surface area contributed by atoms with E-state index in [-0.39, 0.29) is 5.97 Å². The van der Waals surface area contributed by atoms with Crippen LogP contribution in [0.1, 0.15) is 19.4 Å². The first-order valence-corrected chi connectivity index (χ1v) is 8.01. The minimum absolute atomic E-state index is 0.322. The van der Waals surface area contributed by atoms with Gasteiger partial charge in [-0.15, -0.1) is 0 Å². The molecule has 3 rings (SSSR count). The fourth-order valence-electron chi connectivity index (χ4n) is 2.98. The molecule has 3 nitrogen and oxygen atoms in total. The normalized spacial score (nSPS) is 10.6.